The summed E-state index contributed by atoms with van der Waals surface area (Å²) < 4.78 is 5.90. The first-order chi connectivity index (χ1) is 13.6. The molecule has 0 amide bonds. The van der Waals surface area contributed by atoms with Gasteiger partial charge < -0.3 is 9.84 Å². The Balaban J connectivity index is 1.87. The van der Waals surface area contributed by atoms with Gasteiger partial charge in [-0.15, -0.1) is 23.5 Å². The Bertz CT molecular complexity index is 898. The van der Waals surface area contributed by atoms with E-state index in [2.05, 4.69) is 41.7 Å². The SMILES string of the molecule is CCSC1(SCC)CCOc2ccc(C#Cc3cnc(CC(=O)O)cn3)cc21. The summed E-state index contributed by atoms with van der Waals surface area (Å²) in [4.78, 5) is 19.0. The molecule has 0 aliphatic carbocycles. The van der Waals surface area contributed by atoms with Crippen molar-refractivity contribution in [1.82, 2.24) is 9.97 Å². The molecule has 1 aromatic heterocycles. The number of benzene rings is 1. The van der Waals surface area contributed by atoms with Gasteiger partial charge in [0.25, 0.3) is 0 Å². The van der Waals surface area contributed by atoms with Crippen LogP contribution in [-0.4, -0.2) is 39.2 Å². The third-order valence-corrected chi connectivity index (χ3v) is 7.27. The Labute approximate surface area is 173 Å². The molecule has 3 rings (SSSR count). The van der Waals surface area contributed by atoms with Crippen molar-refractivity contribution >= 4 is 29.5 Å². The Kier molecular flexibility index (Phi) is 6.87. The lowest BCUT2D eigenvalue weighted by molar-refractivity contribution is -0.136. The summed E-state index contributed by atoms with van der Waals surface area (Å²) in [7, 11) is 0. The minimum absolute atomic E-state index is 0.00700. The quantitative estimate of drug-likeness (QED) is 0.567. The molecule has 0 fully saturated rings. The number of aliphatic carboxylic acids is 1. The number of carboxylic acid groups (broad SMARTS) is 1. The number of hydrogen-bond donors (Lipinski definition) is 1. The predicted octanol–water partition coefficient (Wildman–Crippen LogP) is 3.95. The van der Waals surface area contributed by atoms with E-state index in [0.717, 1.165) is 35.8 Å². The molecule has 1 aliphatic heterocycles. The van der Waals surface area contributed by atoms with Crippen molar-refractivity contribution < 1.29 is 14.6 Å². The van der Waals surface area contributed by atoms with Crippen molar-refractivity contribution in [3.8, 4) is 17.6 Å². The summed E-state index contributed by atoms with van der Waals surface area (Å²) in [6, 6.07) is 6.09. The van der Waals surface area contributed by atoms with Crippen LogP contribution in [0.2, 0.25) is 0 Å². The Morgan fingerprint density at radius 2 is 2.00 bits per heavy atom. The van der Waals surface area contributed by atoms with Crippen LogP contribution in [0.15, 0.2) is 30.6 Å². The third-order valence-electron chi connectivity index (χ3n) is 4.21. The van der Waals surface area contributed by atoms with E-state index >= 15 is 0 Å². The number of aromatic nitrogens is 2. The molecule has 0 atom stereocenters. The number of carboxylic acids is 1. The molecule has 0 saturated heterocycles. The molecule has 0 bridgehead atoms. The molecular weight excluding hydrogens is 392 g/mol. The van der Waals surface area contributed by atoms with E-state index in [4.69, 9.17) is 9.84 Å². The highest BCUT2D eigenvalue weighted by atomic mass is 32.2. The summed E-state index contributed by atoms with van der Waals surface area (Å²) in [6.45, 7) is 5.11. The van der Waals surface area contributed by atoms with E-state index in [-0.39, 0.29) is 10.5 Å². The van der Waals surface area contributed by atoms with Gasteiger partial charge in [0.1, 0.15) is 11.4 Å². The van der Waals surface area contributed by atoms with Gasteiger partial charge in [0.2, 0.25) is 0 Å². The zero-order chi connectivity index (χ0) is 20.0. The minimum Gasteiger partial charge on any atom is -0.493 e. The lowest BCUT2D eigenvalue weighted by Gasteiger charge is -2.37. The minimum atomic E-state index is -0.928. The van der Waals surface area contributed by atoms with Gasteiger partial charge in [0, 0.05) is 17.5 Å². The first-order valence-electron chi connectivity index (χ1n) is 9.16. The Morgan fingerprint density at radius 1 is 1.21 bits per heavy atom. The monoisotopic (exact) mass is 414 g/mol. The molecule has 0 radical (unpaired) electrons. The second kappa shape index (κ2) is 9.35. The highest BCUT2D eigenvalue weighted by molar-refractivity contribution is 8.17. The van der Waals surface area contributed by atoms with E-state index < -0.39 is 5.97 Å². The molecule has 0 unspecified atom stereocenters. The van der Waals surface area contributed by atoms with Crippen molar-refractivity contribution in [1.29, 1.82) is 0 Å². The fourth-order valence-electron chi connectivity index (χ4n) is 3.07. The van der Waals surface area contributed by atoms with Gasteiger partial charge in [0.05, 0.1) is 35.2 Å². The molecule has 7 heteroatoms. The second-order valence-corrected chi connectivity index (χ2v) is 9.53. The molecule has 146 valence electrons. The van der Waals surface area contributed by atoms with E-state index in [1.54, 1.807) is 0 Å². The van der Waals surface area contributed by atoms with Crippen molar-refractivity contribution in [2.24, 2.45) is 0 Å². The maximum absolute atomic E-state index is 10.7. The smallest absolute Gasteiger partial charge is 0.309 e. The molecule has 0 saturated carbocycles. The maximum atomic E-state index is 10.7. The first-order valence-corrected chi connectivity index (χ1v) is 11.1. The third kappa shape index (κ3) is 4.81. The summed E-state index contributed by atoms with van der Waals surface area (Å²) in [5, 5.41) is 8.79. The van der Waals surface area contributed by atoms with Crippen LogP contribution in [0, 0.1) is 11.8 Å². The zero-order valence-electron chi connectivity index (χ0n) is 15.9. The Hall–Kier alpha value is -2.17. The lowest BCUT2D eigenvalue weighted by Crippen LogP contribution is -2.27. The normalized spacial score (nSPS) is 14.4. The van der Waals surface area contributed by atoms with E-state index in [1.807, 2.05) is 35.7 Å². The van der Waals surface area contributed by atoms with Gasteiger partial charge in [0.15, 0.2) is 0 Å². The van der Waals surface area contributed by atoms with Crippen molar-refractivity contribution in [2.45, 2.75) is 30.8 Å². The standard InChI is InChI=1S/C21H22N2O3S2/c1-3-27-21(28-4-2)9-10-26-19-8-6-15(11-18(19)21)5-7-16-13-23-17(14-22-16)12-20(24)25/h6,8,11,13-14H,3-4,9-10,12H2,1-2H3,(H,24,25). The average molecular weight is 415 g/mol. The van der Waals surface area contributed by atoms with Crippen LogP contribution in [-0.2, 0) is 15.3 Å². The molecule has 2 heterocycles. The number of ether oxygens (including phenoxy) is 1. The summed E-state index contributed by atoms with van der Waals surface area (Å²) >= 11 is 3.92. The molecule has 1 N–H and O–H groups in total. The number of fused-ring (bicyclic) bond motifs is 1. The maximum Gasteiger partial charge on any atom is 0.309 e. The van der Waals surface area contributed by atoms with Crippen LogP contribution in [0.3, 0.4) is 0 Å². The fourth-order valence-corrected chi connectivity index (χ4v) is 6.13. The van der Waals surface area contributed by atoms with Gasteiger partial charge in [-0.2, -0.15) is 0 Å². The molecule has 0 spiro atoms. The number of carbonyl (C=O) groups is 1. The van der Waals surface area contributed by atoms with Crippen LogP contribution >= 0.6 is 23.5 Å². The lowest BCUT2D eigenvalue weighted by atomic mass is 10.0. The number of nitrogens with zero attached hydrogens (tertiary/aromatic N) is 2. The van der Waals surface area contributed by atoms with Gasteiger partial charge >= 0.3 is 5.97 Å². The van der Waals surface area contributed by atoms with Crippen molar-refractivity contribution in [3.63, 3.8) is 0 Å². The highest BCUT2D eigenvalue weighted by Crippen LogP contribution is 2.54. The molecule has 2 aromatic rings. The average Bonchev–Trinajstić information content (AvgIpc) is 2.68. The Morgan fingerprint density at radius 3 is 2.64 bits per heavy atom. The molecular formula is C21H22N2O3S2. The molecule has 28 heavy (non-hydrogen) atoms. The number of hydrogen-bond acceptors (Lipinski definition) is 6. The van der Waals surface area contributed by atoms with Crippen molar-refractivity contribution in [3.05, 3.63) is 53.1 Å². The van der Waals surface area contributed by atoms with E-state index in [0.29, 0.717) is 11.4 Å². The van der Waals surface area contributed by atoms with Gasteiger partial charge in [-0.25, -0.2) is 4.98 Å². The fraction of sp³-hybridized carbons (Fsp3) is 0.381. The van der Waals surface area contributed by atoms with Crippen LogP contribution in [0.1, 0.15) is 42.8 Å². The van der Waals surface area contributed by atoms with Gasteiger partial charge in [-0.05, 0) is 35.6 Å². The largest absolute Gasteiger partial charge is 0.493 e. The van der Waals surface area contributed by atoms with Crippen molar-refractivity contribution in [2.75, 3.05) is 18.1 Å². The summed E-state index contributed by atoms with van der Waals surface area (Å²) in [5.41, 5.74) is 3.03. The number of thioether (sulfide) groups is 2. The second-order valence-electron chi connectivity index (χ2n) is 6.14. The topological polar surface area (TPSA) is 72.3 Å². The molecule has 1 aromatic carbocycles. The number of rotatable bonds is 6. The van der Waals surface area contributed by atoms with Crippen LogP contribution in [0.4, 0.5) is 0 Å². The first kappa shape index (κ1) is 20.6. The molecule has 5 nitrogen and oxygen atoms in total. The van der Waals surface area contributed by atoms with Crippen LogP contribution in [0.25, 0.3) is 0 Å². The summed E-state index contributed by atoms with van der Waals surface area (Å²) in [5.74, 6) is 8.26. The van der Waals surface area contributed by atoms with E-state index in [1.165, 1.54) is 18.0 Å². The van der Waals surface area contributed by atoms with Crippen LogP contribution < -0.4 is 4.74 Å². The highest BCUT2D eigenvalue weighted by Gasteiger charge is 2.38. The zero-order valence-corrected chi connectivity index (χ0v) is 17.5. The van der Waals surface area contributed by atoms with E-state index in [9.17, 15) is 4.79 Å². The predicted molar refractivity (Wildman–Crippen MR) is 114 cm³/mol. The summed E-state index contributed by atoms with van der Waals surface area (Å²) in [6.07, 6.45) is 3.80. The van der Waals surface area contributed by atoms with Gasteiger partial charge in [-0.3, -0.25) is 9.78 Å². The molecule has 1 aliphatic rings. The van der Waals surface area contributed by atoms with Gasteiger partial charge in [-0.1, -0.05) is 19.8 Å². The van der Waals surface area contributed by atoms with Crippen LogP contribution in [0.5, 0.6) is 5.75 Å².